The first-order valence-corrected chi connectivity index (χ1v) is 16.8. The lowest BCUT2D eigenvalue weighted by molar-refractivity contribution is -0.329. The van der Waals surface area contributed by atoms with Crippen LogP contribution in [-0.4, -0.2) is 43.9 Å². The van der Waals surface area contributed by atoms with Gasteiger partial charge in [-0.15, -0.1) is 6.58 Å². The molecule has 5 atom stereocenters. The van der Waals surface area contributed by atoms with Crippen molar-refractivity contribution in [3.8, 4) is 0 Å². The molecular weight excluding hydrogens is 612 g/mol. The zero-order valence-corrected chi connectivity index (χ0v) is 27.7. The fraction of sp³-hybridized carbons (Fsp3) is 0.256. The monoisotopic (exact) mass is 656 g/mol. The zero-order valence-electron chi connectivity index (χ0n) is 27.7. The summed E-state index contributed by atoms with van der Waals surface area (Å²) in [4.78, 5) is 0. The normalized spacial score (nSPS) is 20.6. The maximum Gasteiger partial charge on any atom is 0.187 e. The van der Waals surface area contributed by atoms with Gasteiger partial charge in [0.15, 0.2) is 6.29 Å². The molecule has 1 aliphatic heterocycles. The number of ether oxygens (including phenoxy) is 6. The minimum absolute atomic E-state index is 0.265. The summed E-state index contributed by atoms with van der Waals surface area (Å²) in [6.45, 7) is 5.58. The molecule has 6 nitrogen and oxygen atoms in total. The van der Waals surface area contributed by atoms with Gasteiger partial charge in [0.25, 0.3) is 0 Å². The molecule has 5 aromatic carbocycles. The first-order chi connectivity index (χ1) is 24.3. The summed E-state index contributed by atoms with van der Waals surface area (Å²) in [6, 6.07) is 50.7. The van der Waals surface area contributed by atoms with Crippen LogP contribution in [0.15, 0.2) is 164 Å². The van der Waals surface area contributed by atoms with E-state index in [-0.39, 0.29) is 13.2 Å². The summed E-state index contributed by atoms with van der Waals surface area (Å²) in [6.07, 6.45) is -1.85. The maximum atomic E-state index is 7.15. The van der Waals surface area contributed by atoms with Crippen molar-refractivity contribution in [3.63, 3.8) is 0 Å². The van der Waals surface area contributed by atoms with Crippen molar-refractivity contribution in [2.45, 2.75) is 56.6 Å². The van der Waals surface area contributed by atoms with Gasteiger partial charge in [-0.25, -0.2) is 0 Å². The highest BCUT2D eigenvalue weighted by atomic mass is 16.7. The van der Waals surface area contributed by atoms with Crippen LogP contribution >= 0.6 is 0 Å². The lowest BCUT2D eigenvalue weighted by Gasteiger charge is -2.46. The second-order valence-electron chi connectivity index (χ2n) is 12.0. The SMILES string of the molecule is C=CCO[C@H]1O[C@H](COCc2ccccc2)[C@@H](OCc2ccccc2)[C@H](OCc2ccccc2)[C@H]1OC(c1ccccc1)c1ccccc1. The zero-order chi connectivity index (χ0) is 33.5. The molecule has 0 aliphatic carbocycles. The molecule has 6 heteroatoms. The molecule has 0 bridgehead atoms. The van der Waals surface area contributed by atoms with E-state index in [4.69, 9.17) is 28.4 Å². The van der Waals surface area contributed by atoms with Gasteiger partial charge < -0.3 is 28.4 Å². The van der Waals surface area contributed by atoms with Gasteiger partial charge in [-0.2, -0.15) is 0 Å². The summed E-state index contributed by atoms with van der Waals surface area (Å²) < 4.78 is 40.2. The van der Waals surface area contributed by atoms with Crippen LogP contribution in [0, 0.1) is 0 Å². The first kappa shape index (κ1) is 34.5. The van der Waals surface area contributed by atoms with Crippen molar-refractivity contribution in [2.24, 2.45) is 0 Å². The van der Waals surface area contributed by atoms with Crippen molar-refractivity contribution in [2.75, 3.05) is 13.2 Å². The minimum atomic E-state index is -0.796. The molecule has 0 unspecified atom stereocenters. The number of hydrogen-bond acceptors (Lipinski definition) is 6. The Morgan fingerprint density at radius 1 is 0.531 bits per heavy atom. The second-order valence-corrected chi connectivity index (χ2v) is 12.0. The molecular formula is C43H44O6. The Morgan fingerprint density at radius 3 is 1.47 bits per heavy atom. The Balaban J connectivity index is 1.36. The molecule has 0 saturated carbocycles. The van der Waals surface area contributed by atoms with E-state index in [1.54, 1.807) is 6.08 Å². The predicted octanol–water partition coefficient (Wildman–Crippen LogP) is 8.48. The fourth-order valence-electron chi connectivity index (χ4n) is 6.01. The first-order valence-electron chi connectivity index (χ1n) is 16.8. The van der Waals surface area contributed by atoms with Crippen LogP contribution in [-0.2, 0) is 48.2 Å². The topological polar surface area (TPSA) is 55.4 Å². The highest BCUT2D eigenvalue weighted by Crippen LogP contribution is 2.36. The van der Waals surface area contributed by atoms with Crippen molar-refractivity contribution in [3.05, 3.63) is 192 Å². The predicted molar refractivity (Wildman–Crippen MR) is 191 cm³/mol. The van der Waals surface area contributed by atoms with Gasteiger partial charge in [-0.05, 0) is 27.8 Å². The maximum absolute atomic E-state index is 7.15. The average Bonchev–Trinajstić information content (AvgIpc) is 3.17. The Kier molecular flexibility index (Phi) is 12.9. The van der Waals surface area contributed by atoms with E-state index >= 15 is 0 Å². The molecule has 49 heavy (non-hydrogen) atoms. The van der Waals surface area contributed by atoms with Gasteiger partial charge in [0.1, 0.15) is 30.5 Å². The lowest BCUT2D eigenvalue weighted by atomic mass is 9.96. The molecule has 5 aromatic rings. The number of rotatable bonds is 17. The Bertz CT molecular complexity index is 1600. The van der Waals surface area contributed by atoms with E-state index in [9.17, 15) is 0 Å². The molecule has 1 saturated heterocycles. The summed E-state index contributed by atoms with van der Waals surface area (Å²) >= 11 is 0. The highest BCUT2D eigenvalue weighted by Gasteiger charge is 2.50. The lowest BCUT2D eigenvalue weighted by Crippen LogP contribution is -2.62. The smallest absolute Gasteiger partial charge is 0.187 e. The van der Waals surface area contributed by atoms with Crippen LogP contribution in [0.5, 0.6) is 0 Å². The molecule has 1 aliphatic rings. The van der Waals surface area contributed by atoms with Gasteiger partial charge in [-0.1, -0.05) is 158 Å². The van der Waals surface area contributed by atoms with E-state index in [1.165, 1.54) is 0 Å². The molecule has 0 aromatic heterocycles. The fourth-order valence-corrected chi connectivity index (χ4v) is 6.01. The van der Waals surface area contributed by atoms with E-state index in [2.05, 4.69) is 55.1 Å². The van der Waals surface area contributed by atoms with Crippen LogP contribution in [0.25, 0.3) is 0 Å². The molecule has 1 fully saturated rings. The van der Waals surface area contributed by atoms with E-state index in [1.807, 2.05) is 103 Å². The molecule has 1 heterocycles. The van der Waals surface area contributed by atoms with Crippen LogP contribution in [0.3, 0.4) is 0 Å². The van der Waals surface area contributed by atoms with Gasteiger partial charge in [0.05, 0.1) is 33.0 Å². The molecule has 0 spiro atoms. The van der Waals surface area contributed by atoms with Gasteiger partial charge in [-0.3, -0.25) is 0 Å². The summed E-state index contributed by atoms with van der Waals surface area (Å²) in [5, 5.41) is 0. The molecule has 6 rings (SSSR count). The van der Waals surface area contributed by atoms with Crippen LogP contribution < -0.4 is 0 Å². The third-order valence-corrected chi connectivity index (χ3v) is 8.43. The molecule has 0 radical (unpaired) electrons. The summed E-state index contributed by atoms with van der Waals surface area (Å²) in [5.41, 5.74) is 5.17. The van der Waals surface area contributed by atoms with Crippen LogP contribution in [0.1, 0.15) is 33.9 Å². The van der Waals surface area contributed by atoms with E-state index < -0.39 is 36.8 Å². The van der Waals surface area contributed by atoms with Crippen LogP contribution in [0.4, 0.5) is 0 Å². The Morgan fingerprint density at radius 2 is 0.980 bits per heavy atom. The third kappa shape index (κ3) is 9.83. The number of benzene rings is 5. The van der Waals surface area contributed by atoms with Crippen molar-refractivity contribution >= 4 is 0 Å². The van der Waals surface area contributed by atoms with Crippen molar-refractivity contribution in [1.82, 2.24) is 0 Å². The largest absolute Gasteiger partial charge is 0.374 e. The second kappa shape index (κ2) is 18.4. The number of hydrogen-bond donors (Lipinski definition) is 0. The molecule has 0 amide bonds. The molecule has 252 valence electrons. The van der Waals surface area contributed by atoms with Gasteiger partial charge in [0, 0.05) is 0 Å². The van der Waals surface area contributed by atoms with Crippen LogP contribution in [0.2, 0.25) is 0 Å². The van der Waals surface area contributed by atoms with Crippen molar-refractivity contribution < 1.29 is 28.4 Å². The van der Waals surface area contributed by atoms with E-state index in [0.29, 0.717) is 19.8 Å². The highest BCUT2D eigenvalue weighted by molar-refractivity contribution is 5.30. The quantitative estimate of drug-likeness (QED) is 0.0937. The summed E-state index contributed by atoms with van der Waals surface area (Å²) in [7, 11) is 0. The van der Waals surface area contributed by atoms with Crippen molar-refractivity contribution in [1.29, 1.82) is 0 Å². The Hall–Kier alpha value is -4.40. The summed E-state index contributed by atoms with van der Waals surface area (Å²) in [5.74, 6) is 0. The minimum Gasteiger partial charge on any atom is -0.374 e. The Labute approximate surface area is 289 Å². The third-order valence-electron chi connectivity index (χ3n) is 8.43. The van der Waals surface area contributed by atoms with E-state index in [0.717, 1.165) is 27.8 Å². The van der Waals surface area contributed by atoms with Gasteiger partial charge in [0.2, 0.25) is 0 Å². The molecule has 0 N–H and O–H groups in total. The van der Waals surface area contributed by atoms with Gasteiger partial charge >= 0.3 is 0 Å². The average molecular weight is 657 g/mol. The standard InChI is InChI=1S/C43H44O6/c1-2-28-45-43-42(49-39(36-24-14-6-15-25-36)37-26-16-7-17-27-37)41(47-31-35-22-12-5-13-23-35)40(46-30-34-20-10-4-11-21-34)38(48-43)32-44-29-33-18-8-3-9-19-33/h2-27,38-43H,1,28-32H2/t38-,40-,41+,42-,43+/m1/s1.